The number of likely N-dealkylation sites (tertiary alicyclic amines) is 1. The van der Waals surface area contributed by atoms with Gasteiger partial charge >= 0.3 is 0 Å². The normalized spacial score (nSPS) is 14.5. The Labute approximate surface area is 189 Å². The lowest BCUT2D eigenvalue weighted by molar-refractivity contribution is -0.130. The van der Waals surface area contributed by atoms with Crippen LogP contribution in [-0.2, 0) is 14.4 Å². The van der Waals surface area contributed by atoms with Gasteiger partial charge in [-0.3, -0.25) is 14.4 Å². The van der Waals surface area contributed by atoms with Crippen molar-refractivity contribution < 1.29 is 14.4 Å². The van der Waals surface area contributed by atoms with Gasteiger partial charge in [0.05, 0.1) is 0 Å². The van der Waals surface area contributed by atoms with E-state index in [1.807, 2.05) is 50.3 Å². The SMILES string of the molecule is CC(C)CC(=O)Nc1ccc(NC(=O)C2CCN(C(=O)/C=C/c3ccccc3)CC2)cc1. The predicted molar refractivity (Wildman–Crippen MR) is 128 cm³/mol. The molecule has 1 heterocycles. The van der Waals surface area contributed by atoms with E-state index in [0.29, 0.717) is 49.6 Å². The molecule has 0 bridgehead atoms. The molecular weight excluding hydrogens is 402 g/mol. The van der Waals surface area contributed by atoms with Crippen molar-refractivity contribution in [3.8, 4) is 0 Å². The van der Waals surface area contributed by atoms with Gasteiger partial charge in [0.2, 0.25) is 17.7 Å². The number of piperidine rings is 1. The van der Waals surface area contributed by atoms with Gasteiger partial charge in [-0.25, -0.2) is 0 Å². The summed E-state index contributed by atoms with van der Waals surface area (Å²) < 4.78 is 0. The number of amides is 3. The molecule has 0 saturated carbocycles. The summed E-state index contributed by atoms with van der Waals surface area (Å²) in [5, 5.41) is 5.80. The van der Waals surface area contributed by atoms with Crippen LogP contribution in [0.25, 0.3) is 6.08 Å². The van der Waals surface area contributed by atoms with Crippen molar-refractivity contribution in [3.63, 3.8) is 0 Å². The average molecular weight is 434 g/mol. The van der Waals surface area contributed by atoms with Crippen molar-refractivity contribution in [2.45, 2.75) is 33.1 Å². The first-order valence-corrected chi connectivity index (χ1v) is 11.1. The summed E-state index contributed by atoms with van der Waals surface area (Å²) >= 11 is 0. The minimum atomic E-state index is -0.123. The number of benzene rings is 2. The summed E-state index contributed by atoms with van der Waals surface area (Å²) in [6.07, 6.45) is 5.16. The summed E-state index contributed by atoms with van der Waals surface area (Å²) in [5.74, 6) is 0.103. The van der Waals surface area contributed by atoms with Gasteiger partial charge in [-0.1, -0.05) is 44.2 Å². The minimum Gasteiger partial charge on any atom is -0.339 e. The highest BCUT2D eigenvalue weighted by Gasteiger charge is 2.26. The molecule has 0 spiro atoms. The lowest BCUT2D eigenvalue weighted by Crippen LogP contribution is -2.40. The van der Waals surface area contributed by atoms with E-state index in [9.17, 15) is 14.4 Å². The molecule has 0 aromatic heterocycles. The molecule has 32 heavy (non-hydrogen) atoms. The topological polar surface area (TPSA) is 78.5 Å². The highest BCUT2D eigenvalue weighted by molar-refractivity contribution is 5.95. The Morgan fingerprint density at radius 3 is 2.12 bits per heavy atom. The van der Waals surface area contributed by atoms with Crippen LogP contribution in [0.3, 0.4) is 0 Å². The highest BCUT2D eigenvalue weighted by Crippen LogP contribution is 2.21. The Balaban J connectivity index is 1.44. The maximum atomic E-state index is 12.6. The fraction of sp³-hybridized carbons (Fsp3) is 0.346. The largest absolute Gasteiger partial charge is 0.339 e. The number of carbonyl (C=O) groups is 3. The Morgan fingerprint density at radius 2 is 1.53 bits per heavy atom. The molecule has 0 atom stereocenters. The maximum Gasteiger partial charge on any atom is 0.246 e. The van der Waals surface area contributed by atoms with Crippen molar-refractivity contribution in [1.29, 1.82) is 0 Å². The molecule has 6 heteroatoms. The van der Waals surface area contributed by atoms with Crippen LogP contribution in [0.2, 0.25) is 0 Å². The van der Waals surface area contributed by atoms with Gasteiger partial charge in [-0.15, -0.1) is 0 Å². The maximum absolute atomic E-state index is 12.6. The van der Waals surface area contributed by atoms with Gasteiger partial charge in [0.1, 0.15) is 0 Å². The highest BCUT2D eigenvalue weighted by atomic mass is 16.2. The van der Waals surface area contributed by atoms with Crippen molar-refractivity contribution in [3.05, 3.63) is 66.2 Å². The summed E-state index contributed by atoms with van der Waals surface area (Å²) in [5.41, 5.74) is 2.39. The fourth-order valence-corrected chi connectivity index (χ4v) is 3.66. The quantitative estimate of drug-likeness (QED) is 0.628. The first kappa shape index (κ1) is 23.3. The Kier molecular flexibility index (Phi) is 8.20. The number of anilines is 2. The third-order valence-electron chi connectivity index (χ3n) is 5.43. The molecule has 168 valence electrons. The van der Waals surface area contributed by atoms with E-state index in [0.717, 1.165) is 5.56 Å². The van der Waals surface area contributed by atoms with Crippen molar-refractivity contribution in [1.82, 2.24) is 4.90 Å². The zero-order valence-electron chi connectivity index (χ0n) is 18.7. The summed E-state index contributed by atoms with van der Waals surface area (Å²) in [6, 6.07) is 16.9. The van der Waals surface area contributed by atoms with Gasteiger partial charge in [0.15, 0.2) is 0 Å². The van der Waals surface area contributed by atoms with E-state index in [2.05, 4.69) is 10.6 Å². The van der Waals surface area contributed by atoms with Gasteiger partial charge in [0, 0.05) is 42.9 Å². The van der Waals surface area contributed by atoms with Crippen LogP contribution in [0.5, 0.6) is 0 Å². The first-order valence-electron chi connectivity index (χ1n) is 11.1. The van der Waals surface area contributed by atoms with Crippen molar-refractivity contribution in [2.75, 3.05) is 23.7 Å². The average Bonchev–Trinajstić information content (AvgIpc) is 2.79. The third kappa shape index (κ3) is 7.08. The summed E-state index contributed by atoms with van der Waals surface area (Å²) in [7, 11) is 0. The molecule has 3 amide bonds. The second-order valence-corrected chi connectivity index (χ2v) is 8.56. The zero-order valence-corrected chi connectivity index (χ0v) is 18.7. The van der Waals surface area contributed by atoms with E-state index >= 15 is 0 Å². The van der Waals surface area contributed by atoms with Gasteiger partial charge in [0.25, 0.3) is 0 Å². The molecule has 2 N–H and O–H groups in total. The second-order valence-electron chi connectivity index (χ2n) is 8.56. The fourth-order valence-electron chi connectivity index (χ4n) is 3.66. The molecule has 1 fully saturated rings. The minimum absolute atomic E-state index is 0.0169. The smallest absolute Gasteiger partial charge is 0.246 e. The van der Waals surface area contributed by atoms with Gasteiger partial charge in [-0.05, 0) is 54.7 Å². The molecule has 2 aromatic rings. The van der Waals surface area contributed by atoms with Crippen LogP contribution in [0.4, 0.5) is 11.4 Å². The monoisotopic (exact) mass is 433 g/mol. The molecule has 1 aliphatic rings. The number of rotatable bonds is 7. The summed E-state index contributed by atoms with van der Waals surface area (Å²) in [4.78, 5) is 38.7. The second kappa shape index (κ2) is 11.3. The standard InChI is InChI=1S/C26H31N3O3/c1-19(2)18-24(30)27-22-9-11-23(12-10-22)28-26(32)21-14-16-29(17-15-21)25(31)13-8-20-6-4-3-5-7-20/h3-13,19,21H,14-18H2,1-2H3,(H,27,30)(H,28,32)/b13-8+. The van der Waals surface area contributed by atoms with Crippen LogP contribution in [0.15, 0.2) is 60.7 Å². The lowest BCUT2D eigenvalue weighted by Gasteiger charge is -2.30. The zero-order chi connectivity index (χ0) is 22.9. The molecule has 3 rings (SSSR count). The van der Waals surface area contributed by atoms with Crippen LogP contribution >= 0.6 is 0 Å². The lowest BCUT2D eigenvalue weighted by atomic mass is 9.95. The van der Waals surface area contributed by atoms with E-state index in [-0.39, 0.29) is 23.6 Å². The molecule has 1 saturated heterocycles. The molecule has 0 radical (unpaired) electrons. The van der Waals surface area contributed by atoms with Crippen molar-refractivity contribution >= 4 is 35.2 Å². The predicted octanol–water partition coefficient (Wildman–Crippen LogP) is 4.56. The molecule has 2 aromatic carbocycles. The van der Waals surface area contributed by atoms with E-state index in [1.54, 1.807) is 35.2 Å². The molecule has 0 unspecified atom stereocenters. The first-order chi connectivity index (χ1) is 15.4. The van der Waals surface area contributed by atoms with E-state index in [1.165, 1.54) is 0 Å². The summed E-state index contributed by atoms with van der Waals surface area (Å²) in [6.45, 7) is 5.13. The van der Waals surface area contributed by atoms with Gasteiger partial charge < -0.3 is 15.5 Å². The number of carbonyl (C=O) groups excluding carboxylic acids is 3. The Hall–Kier alpha value is -3.41. The Bertz CT molecular complexity index is 944. The third-order valence-corrected chi connectivity index (χ3v) is 5.43. The number of nitrogens with zero attached hydrogens (tertiary/aromatic N) is 1. The van der Waals surface area contributed by atoms with Gasteiger partial charge in [-0.2, -0.15) is 0 Å². The molecule has 0 aliphatic carbocycles. The number of hydrogen-bond acceptors (Lipinski definition) is 3. The van der Waals surface area contributed by atoms with Crippen LogP contribution < -0.4 is 10.6 Å². The molecular formula is C26H31N3O3. The van der Waals surface area contributed by atoms with Crippen LogP contribution in [0, 0.1) is 11.8 Å². The van der Waals surface area contributed by atoms with Crippen molar-refractivity contribution in [2.24, 2.45) is 11.8 Å². The molecule has 1 aliphatic heterocycles. The van der Waals surface area contributed by atoms with Crippen LogP contribution in [0.1, 0.15) is 38.7 Å². The molecule has 6 nitrogen and oxygen atoms in total. The van der Waals surface area contributed by atoms with Crippen LogP contribution in [-0.4, -0.2) is 35.7 Å². The number of hydrogen-bond donors (Lipinski definition) is 2. The number of nitrogens with one attached hydrogen (secondary N) is 2. The van der Waals surface area contributed by atoms with E-state index in [4.69, 9.17) is 0 Å². The Morgan fingerprint density at radius 1 is 0.938 bits per heavy atom. The van der Waals surface area contributed by atoms with E-state index < -0.39 is 0 Å².